The fourth-order valence-corrected chi connectivity index (χ4v) is 2.33. The van der Waals surface area contributed by atoms with Crippen LogP contribution in [0.1, 0.15) is 19.1 Å². The van der Waals surface area contributed by atoms with E-state index >= 15 is 0 Å². The van der Waals surface area contributed by atoms with Crippen LogP contribution in [0.4, 0.5) is 5.69 Å². The van der Waals surface area contributed by atoms with Gasteiger partial charge in [0.1, 0.15) is 5.76 Å². The topological polar surface area (TPSA) is 53.9 Å². The van der Waals surface area contributed by atoms with E-state index in [-0.39, 0.29) is 0 Å². The molecule has 0 aliphatic heterocycles. The van der Waals surface area contributed by atoms with E-state index in [2.05, 4.69) is 46.5 Å². The van der Waals surface area contributed by atoms with Crippen LogP contribution in [0.2, 0.25) is 0 Å². The van der Waals surface area contributed by atoms with Crippen molar-refractivity contribution in [2.45, 2.75) is 25.8 Å². The average molecular weight is 281 g/mol. The van der Waals surface area contributed by atoms with Crippen molar-refractivity contribution in [3.05, 3.63) is 60.9 Å². The Kier molecular flexibility index (Phi) is 4.05. The van der Waals surface area contributed by atoms with E-state index in [9.17, 15) is 0 Å². The molecule has 0 fully saturated rings. The number of nitrogens with zero attached hydrogens (tertiary/aromatic N) is 1. The van der Waals surface area contributed by atoms with Gasteiger partial charge in [-0.25, -0.2) is 4.98 Å². The molecule has 0 radical (unpaired) electrons. The van der Waals surface area contributed by atoms with E-state index < -0.39 is 0 Å². The van der Waals surface area contributed by atoms with Gasteiger partial charge in [-0.05, 0) is 43.2 Å². The lowest BCUT2D eigenvalue weighted by Gasteiger charge is -2.14. The monoisotopic (exact) mass is 281 g/mol. The lowest BCUT2D eigenvalue weighted by molar-refractivity contribution is 0.495. The number of aromatic amines is 1. The molecule has 1 unspecified atom stereocenters. The maximum atomic E-state index is 5.35. The lowest BCUT2D eigenvalue weighted by atomic mass is 10.1. The van der Waals surface area contributed by atoms with Gasteiger partial charge in [-0.2, -0.15) is 0 Å². The summed E-state index contributed by atoms with van der Waals surface area (Å²) in [6, 6.07) is 12.7. The Morgan fingerprint density at radius 1 is 1.24 bits per heavy atom. The quantitative estimate of drug-likeness (QED) is 0.715. The first kappa shape index (κ1) is 13.5. The van der Waals surface area contributed by atoms with Crippen molar-refractivity contribution in [3.8, 4) is 11.3 Å². The fourth-order valence-electron chi connectivity index (χ4n) is 2.33. The summed E-state index contributed by atoms with van der Waals surface area (Å²) in [6.07, 6.45) is 7.23. The summed E-state index contributed by atoms with van der Waals surface area (Å²) in [5.41, 5.74) is 3.30. The number of imidazole rings is 1. The molecule has 2 aromatic heterocycles. The van der Waals surface area contributed by atoms with E-state index in [0.717, 1.165) is 35.5 Å². The first-order chi connectivity index (χ1) is 10.3. The highest BCUT2D eigenvalue weighted by Gasteiger charge is 2.05. The number of H-pyrrole nitrogens is 1. The van der Waals surface area contributed by atoms with Crippen LogP contribution in [0.3, 0.4) is 0 Å². The first-order valence-electron chi connectivity index (χ1n) is 7.19. The molecule has 1 aromatic carbocycles. The molecule has 1 atom stereocenters. The van der Waals surface area contributed by atoms with E-state index in [1.165, 1.54) is 0 Å². The number of rotatable bonds is 6. The molecule has 21 heavy (non-hydrogen) atoms. The summed E-state index contributed by atoms with van der Waals surface area (Å²) in [5.74, 6) is 1.04. The Hall–Kier alpha value is -2.49. The van der Waals surface area contributed by atoms with Crippen molar-refractivity contribution >= 4 is 5.69 Å². The number of nitrogens with one attached hydrogen (secondary N) is 2. The molecular formula is C17H19N3O. The number of anilines is 1. The lowest BCUT2D eigenvalue weighted by Crippen LogP contribution is -2.15. The highest BCUT2D eigenvalue weighted by atomic mass is 16.3. The Bertz CT molecular complexity index is 642. The molecule has 3 aromatic rings. The number of hydrogen-bond acceptors (Lipinski definition) is 3. The summed E-state index contributed by atoms with van der Waals surface area (Å²) < 4.78 is 5.35. The number of furan rings is 1. The highest BCUT2D eigenvalue weighted by Crippen LogP contribution is 2.19. The zero-order valence-corrected chi connectivity index (χ0v) is 12.0. The molecule has 0 saturated carbocycles. The largest absolute Gasteiger partial charge is 0.469 e. The smallest absolute Gasteiger partial charge is 0.103 e. The van der Waals surface area contributed by atoms with Crippen LogP contribution >= 0.6 is 0 Å². The van der Waals surface area contributed by atoms with Crippen molar-refractivity contribution in [1.29, 1.82) is 0 Å². The van der Waals surface area contributed by atoms with Gasteiger partial charge in [0.15, 0.2) is 0 Å². The summed E-state index contributed by atoms with van der Waals surface area (Å²) >= 11 is 0. The molecule has 2 N–H and O–H groups in total. The van der Waals surface area contributed by atoms with Crippen molar-refractivity contribution in [3.63, 3.8) is 0 Å². The van der Waals surface area contributed by atoms with Gasteiger partial charge in [-0.15, -0.1) is 0 Å². The van der Waals surface area contributed by atoms with Crippen LogP contribution < -0.4 is 5.32 Å². The standard InChI is InChI=1S/C17H19N3O/c1-13(4-9-16-3-2-10-21-16)20-15-7-5-14(6-8-15)17-11-18-12-19-17/h2-3,5-8,10-13,20H,4,9H2,1H3,(H,18,19). The van der Waals surface area contributed by atoms with Gasteiger partial charge in [0, 0.05) is 18.2 Å². The Labute approximate surface area is 124 Å². The molecule has 0 aliphatic carbocycles. The molecule has 3 rings (SSSR count). The summed E-state index contributed by atoms with van der Waals surface area (Å²) in [6.45, 7) is 2.19. The highest BCUT2D eigenvalue weighted by molar-refractivity contribution is 5.62. The van der Waals surface area contributed by atoms with E-state index in [4.69, 9.17) is 4.42 Å². The molecule has 108 valence electrons. The predicted octanol–water partition coefficient (Wildman–Crippen LogP) is 4.10. The molecule has 4 heteroatoms. The third kappa shape index (κ3) is 3.54. The zero-order valence-electron chi connectivity index (χ0n) is 12.0. The van der Waals surface area contributed by atoms with Crippen molar-refractivity contribution < 1.29 is 4.42 Å². The minimum Gasteiger partial charge on any atom is -0.469 e. The second-order valence-corrected chi connectivity index (χ2v) is 5.21. The second-order valence-electron chi connectivity index (χ2n) is 5.21. The Morgan fingerprint density at radius 2 is 2.10 bits per heavy atom. The van der Waals surface area contributed by atoms with Crippen molar-refractivity contribution in [2.75, 3.05) is 5.32 Å². The third-order valence-electron chi connectivity index (χ3n) is 3.51. The minimum absolute atomic E-state index is 0.396. The maximum absolute atomic E-state index is 5.35. The molecule has 2 heterocycles. The predicted molar refractivity (Wildman–Crippen MR) is 84.1 cm³/mol. The summed E-state index contributed by atoms with van der Waals surface area (Å²) in [5, 5.41) is 3.51. The molecule has 0 bridgehead atoms. The number of benzene rings is 1. The van der Waals surface area contributed by atoms with Crippen LogP contribution in [0.5, 0.6) is 0 Å². The van der Waals surface area contributed by atoms with E-state index in [1.54, 1.807) is 12.6 Å². The van der Waals surface area contributed by atoms with Crippen LogP contribution in [0.15, 0.2) is 59.6 Å². The van der Waals surface area contributed by atoms with Gasteiger partial charge in [0.2, 0.25) is 0 Å². The maximum Gasteiger partial charge on any atom is 0.103 e. The zero-order chi connectivity index (χ0) is 14.5. The van der Waals surface area contributed by atoms with Crippen LogP contribution in [-0.2, 0) is 6.42 Å². The molecule has 0 amide bonds. The number of aromatic nitrogens is 2. The fraction of sp³-hybridized carbons (Fsp3) is 0.235. The van der Waals surface area contributed by atoms with Crippen LogP contribution in [0.25, 0.3) is 11.3 Å². The van der Waals surface area contributed by atoms with Gasteiger partial charge in [-0.1, -0.05) is 12.1 Å². The normalized spacial score (nSPS) is 12.2. The summed E-state index contributed by atoms with van der Waals surface area (Å²) in [4.78, 5) is 7.15. The Morgan fingerprint density at radius 3 is 2.76 bits per heavy atom. The summed E-state index contributed by atoms with van der Waals surface area (Å²) in [7, 11) is 0. The molecular weight excluding hydrogens is 262 g/mol. The molecule has 4 nitrogen and oxygen atoms in total. The number of hydrogen-bond donors (Lipinski definition) is 2. The SMILES string of the molecule is CC(CCc1ccco1)Nc1ccc(-c2cnc[nH]2)cc1. The Balaban J connectivity index is 1.55. The van der Waals surface area contributed by atoms with E-state index in [0.29, 0.717) is 6.04 Å². The van der Waals surface area contributed by atoms with Gasteiger partial charge < -0.3 is 14.7 Å². The second kappa shape index (κ2) is 6.31. The van der Waals surface area contributed by atoms with Gasteiger partial charge in [0.25, 0.3) is 0 Å². The minimum atomic E-state index is 0.396. The van der Waals surface area contributed by atoms with Gasteiger partial charge >= 0.3 is 0 Å². The average Bonchev–Trinajstić information content (AvgIpc) is 3.19. The van der Waals surface area contributed by atoms with Gasteiger partial charge in [-0.3, -0.25) is 0 Å². The molecule has 0 aliphatic rings. The molecule has 0 saturated heterocycles. The van der Waals surface area contributed by atoms with E-state index in [1.807, 2.05) is 18.3 Å². The van der Waals surface area contributed by atoms with Crippen molar-refractivity contribution in [1.82, 2.24) is 9.97 Å². The molecule has 0 spiro atoms. The van der Waals surface area contributed by atoms with Gasteiger partial charge in [0.05, 0.1) is 24.5 Å². The number of aryl methyl sites for hydroxylation is 1. The first-order valence-corrected chi connectivity index (χ1v) is 7.19. The third-order valence-corrected chi connectivity index (χ3v) is 3.51. The van der Waals surface area contributed by atoms with Crippen molar-refractivity contribution in [2.24, 2.45) is 0 Å². The van der Waals surface area contributed by atoms with Crippen LogP contribution in [0, 0.1) is 0 Å². The van der Waals surface area contributed by atoms with Crippen LogP contribution in [-0.4, -0.2) is 16.0 Å².